The molecule has 0 aliphatic carbocycles. The zero-order chi connectivity index (χ0) is 14.0. The minimum Gasteiger partial charge on any atom is -0.457 e. The van der Waals surface area contributed by atoms with Crippen molar-refractivity contribution in [1.82, 2.24) is 0 Å². The fourth-order valence-electron chi connectivity index (χ4n) is 1.70. The van der Waals surface area contributed by atoms with E-state index in [2.05, 4.69) is 0 Å². The van der Waals surface area contributed by atoms with E-state index in [4.69, 9.17) is 22.7 Å². The molecule has 2 nitrogen and oxygen atoms in total. The summed E-state index contributed by atoms with van der Waals surface area (Å²) in [5.74, 6) is -0.819. The van der Waals surface area contributed by atoms with Crippen molar-refractivity contribution in [2.24, 2.45) is 5.73 Å². The second-order valence-corrected chi connectivity index (χ2v) is 4.49. The van der Waals surface area contributed by atoms with Crippen LogP contribution >= 0.6 is 12.2 Å². The maximum absolute atomic E-state index is 13.0. The molecule has 2 N–H and O–H groups in total. The minimum atomic E-state index is -0.688. The molecule has 2 aromatic carbocycles. The molecular weight excluding hydrogens is 268 g/mol. The van der Waals surface area contributed by atoms with Gasteiger partial charge >= 0.3 is 0 Å². The molecule has 5 heteroatoms. The van der Waals surface area contributed by atoms with Crippen molar-refractivity contribution in [1.29, 1.82) is 0 Å². The van der Waals surface area contributed by atoms with Gasteiger partial charge in [0.25, 0.3) is 0 Å². The van der Waals surface area contributed by atoms with E-state index in [0.29, 0.717) is 10.7 Å². The van der Waals surface area contributed by atoms with Gasteiger partial charge in [0.05, 0.1) is 0 Å². The second kappa shape index (κ2) is 5.32. The molecule has 0 saturated heterocycles. The molecule has 2 rings (SSSR count). The summed E-state index contributed by atoms with van der Waals surface area (Å²) in [7, 11) is 0. The summed E-state index contributed by atoms with van der Waals surface area (Å²) in [4.78, 5) is 0.292. The van der Waals surface area contributed by atoms with Crippen LogP contribution in [0.3, 0.4) is 0 Å². The highest BCUT2D eigenvalue weighted by Crippen LogP contribution is 2.25. The Morgan fingerprint density at radius 2 is 1.68 bits per heavy atom. The minimum absolute atomic E-state index is 0.0972. The van der Waals surface area contributed by atoms with Crippen molar-refractivity contribution in [2.75, 3.05) is 0 Å². The molecule has 19 heavy (non-hydrogen) atoms. The number of hydrogen-bond acceptors (Lipinski definition) is 2. The first-order valence-corrected chi connectivity index (χ1v) is 5.91. The summed E-state index contributed by atoms with van der Waals surface area (Å²) < 4.78 is 31.4. The fourth-order valence-corrected chi connectivity index (χ4v) is 1.93. The van der Waals surface area contributed by atoms with Crippen molar-refractivity contribution in [3.05, 3.63) is 59.2 Å². The Labute approximate surface area is 114 Å². The van der Waals surface area contributed by atoms with Gasteiger partial charge in [-0.1, -0.05) is 12.2 Å². The average molecular weight is 279 g/mol. The Morgan fingerprint density at radius 3 is 2.21 bits per heavy atom. The Hall–Kier alpha value is -2.01. The summed E-state index contributed by atoms with van der Waals surface area (Å²) in [6.45, 7) is 1.83. The third-order valence-electron chi connectivity index (χ3n) is 2.54. The number of nitrogens with two attached hydrogens (primary N) is 1. The number of benzene rings is 2. The van der Waals surface area contributed by atoms with Crippen LogP contribution in [0.25, 0.3) is 0 Å². The molecule has 0 unspecified atom stereocenters. The number of hydrogen-bond donors (Lipinski definition) is 1. The van der Waals surface area contributed by atoms with E-state index in [9.17, 15) is 8.78 Å². The van der Waals surface area contributed by atoms with E-state index in [1.54, 1.807) is 18.2 Å². The van der Waals surface area contributed by atoms with Gasteiger partial charge in [0.15, 0.2) is 0 Å². The van der Waals surface area contributed by atoms with Crippen LogP contribution < -0.4 is 10.5 Å². The van der Waals surface area contributed by atoms with Crippen LogP contribution in [-0.2, 0) is 0 Å². The molecule has 0 aliphatic rings. The van der Waals surface area contributed by atoms with Gasteiger partial charge in [-0.05, 0) is 30.7 Å². The molecule has 0 aromatic heterocycles. The monoisotopic (exact) mass is 279 g/mol. The normalized spacial score (nSPS) is 10.3. The van der Waals surface area contributed by atoms with E-state index in [1.807, 2.05) is 6.92 Å². The van der Waals surface area contributed by atoms with Crippen LogP contribution in [0.5, 0.6) is 11.5 Å². The third kappa shape index (κ3) is 3.26. The van der Waals surface area contributed by atoms with E-state index in [0.717, 1.165) is 29.3 Å². The van der Waals surface area contributed by atoms with Crippen molar-refractivity contribution in [3.63, 3.8) is 0 Å². The first-order valence-electron chi connectivity index (χ1n) is 5.50. The van der Waals surface area contributed by atoms with Crippen LogP contribution in [-0.4, -0.2) is 4.99 Å². The van der Waals surface area contributed by atoms with Gasteiger partial charge in [-0.15, -0.1) is 0 Å². The van der Waals surface area contributed by atoms with Crippen molar-refractivity contribution >= 4 is 17.2 Å². The van der Waals surface area contributed by atoms with Crippen LogP contribution in [0, 0.1) is 18.6 Å². The molecule has 0 atom stereocenters. The Balaban J connectivity index is 2.28. The summed E-state index contributed by atoms with van der Waals surface area (Å²) in [6.07, 6.45) is 0. The Kier molecular flexibility index (Phi) is 3.76. The van der Waals surface area contributed by atoms with Crippen LogP contribution in [0.4, 0.5) is 8.78 Å². The van der Waals surface area contributed by atoms with Gasteiger partial charge in [0, 0.05) is 23.8 Å². The molecule has 0 heterocycles. The molecule has 2 aromatic rings. The second-order valence-electron chi connectivity index (χ2n) is 4.05. The summed E-state index contributed by atoms with van der Waals surface area (Å²) in [6, 6.07) is 8.07. The van der Waals surface area contributed by atoms with Crippen molar-refractivity contribution in [3.8, 4) is 11.5 Å². The topological polar surface area (TPSA) is 35.2 Å². The molecule has 0 fully saturated rings. The Morgan fingerprint density at radius 1 is 1.05 bits per heavy atom. The predicted octanol–water partition coefficient (Wildman–Crippen LogP) is 3.70. The third-order valence-corrected chi connectivity index (χ3v) is 2.76. The molecular formula is C14H11F2NOS. The SMILES string of the molecule is Cc1cc(Oc2cc(F)cc(F)c2)ccc1C(N)=S. The first kappa shape index (κ1) is 13.4. The summed E-state index contributed by atoms with van der Waals surface area (Å²) in [5, 5.41) is 0. The van der Waals surface area contributed by atoms with Gasteiger partial charge in [0.1, 0.15) is 28.1 Å². The van der Waals surface area contributed by atoms with Gasteiger partial charge in [-0.3, -0.25) is 0 Å². The van der Waals surface area contributed by atoms with E-state index in [-0.39, 0.29) is 5.75 Å². The lowest BCUT2D eigenvalue weighted by molar-refractivity contribution is 0.468. The van der Waals surface area contributed by atoms with E-state index >= 15 is 0 Å². The lowest BCUT2D eigenvalue weighted by Gasteiger charge is -2.09. The molecule has 0 saturated carbocycles. The quantitative estimate of drug-likeness (QED) is 0.870. The van der Waals surface area contributed by atoms with E-state index < -0.39 is 11.6 Å². The number of halogens is 2. The first-order chi connectivity index (χ1) is 8.95. The zero-order valence-electron chi connectivity index (χ0n) is 10.1. The maximum Gasteiger partial charge on any atom is 0.133 e. The highest BCUT2D eigenvalue weighted by atomic mass is 32.1. The average Bonchev–Trinajstić information content (AvgIpc) is 2.26. The van der Waals surface area contributed by atoms with Crippen molar-refractivity contribution < 1.29 is 13.5 Å². The molecule has 0 spiro atoms. The van der Waals surface area contributed by atoms with Crippen molar-refractivity contribution in [2.45, 2.75) is 6.92 Å². The van der Waals surface area contributed by atoms with Gasteiger partial charge in [-0.2, -0.15) is 0 Å². The van der Waals surface area contributed by atoms with Gasteiger partial charge < -0.3 is 10.5 Å². The highest BCUT2D eigenvalue weighted by molar-refractivity contribution is 7.80. The number of aryl methyl sites for hydroxylation is 1. The van der Waals surface area contributed by atoms with E-state index in [1.165, 1.54) is 0 Å². The molecule has 0 radical (unpaired) electrons. The number of ether oxygens (including phenoxy) is 1. The largest absolute Gasteiger partial charge is 0.457 e. The Bertz CT molecular complexity index is 623. The zero-order valence-corrected chi connectivity index (χ0v) is 10.9. The lowest BCUT2D eigenvalue weighted by atomic mass is 10.1. The maximum atomic E-state index is 13.0. The van der Waals surface area contributed by atoms with Crippen LogP contribution in [0.15, 0.2) is 36.4 Å². The van der Waals surface area contributed by atoms with Gasteiger partial charge in [0.2, 0.25) is 0 Å². The number of thiocarbonyl (C=S) groups is 1. The fraction of sp³-hybridized carbons (Fsp3) is 0.0714. The van der Waals surface area contributed by atoms with Gasteiger partial charge in [-0.25, -0.2) is 8.78 Å². The molecule has 0 amide bonds. The molecule has 0 bridgehead atoms. The highest BCUT2D eigenvalue weighted by Gasteiger charge is 2.06. The lowest BCUT2D eigenvalue weighted by Crippen LogP contribution is -2.10. The van der Waals surface area contributed by atoms with Crippen LogP contribution in [0.2, 0.25) is 0 Å². The summed E-state index contributed by atoms with van der Waals surface area (Å²) in [5.41, 5.74) is 7.13. The standard InChI is InChI=1S/C14H11F2NOS/c1-8-4-11(2-3-13(8)14(17)19)18-12-6-9(15)5-10(16)7-12/h2-7H,1H3,(H2,17,19). The van der Waals surface area contributed by atoms with Crippen LogP contribution in [0.1, 0.15) is 11.1 Å². The smallest absolute Gasteiger partial charge is 0.133 e. The predicted molar refractivity (Wildman–Crippen MR) is 73.5 cm³/mol. The number of rotatable bonds is 3. The summed E-state index contributed by atoms with van der Waals surface area (Å²) >= 11 is 4.89. The molecule has 0 aliphatic heterocycles. The molecule has 98 valence electrons.